The summed E-state index contributed by atoms with van der Waals surface area (Å²) in [7, 11) is 0. The largest absolute Gasteiger partial charge is 0.443 e. The van der Waals surface area contributed by atoms with Gasteiger partial charge in [0, 0.05) is 11.8 Å². The summed E-state index contributed by atoms with van der Waals surface area (Å²) in [6.45, 7) is 5.07. The van der Waals surface area contributed by atoms with Crippen LogP contribution in [0, 0.1) is 24.2 Å². The van der Waals surface area contributed by atoms with Gasteiger partial charge >= 0.3 is 6.18 Å². The summed E-state index contributed by atoms with van der Waals surface area (Å²) >= 11 is 0. The number of amides is 1. The third-order valence-electron chi connectivity index (χ3n) is 3.29. The normalized spacial score (nSPS) is 25.4. The van der Waals surface area contributed by atoms with Crippen molar-refractivity contribution in [1.82, 2.24) is 5.32 Å². The maximum atomic E-state index is 13.5. The Labute approximate surface area is 118 Å². The van der Waals surface area contributed by atoms with Gasteiger partial charge in [-0.1, -0.05) is 6.58 Å². The number of rotatable bonds is 2. The molecule has 8 heteroatoms. The second-order valence-electron chi connectivity index (χ2n) is 4.75. The molecule has 2 atom stereocenters. The fourth-order valence-corrected chi connectivity index (χ4v) is 2.17. The highest BCUT2D eigenvalue weighted by atomic mass is 19.4. The van der Waals surface area contributed by atoms with Crippen LogP contribution < -0.4 is 15.6 Å². The fraction of sp³-hybridized carbons (Fsp3) is 0.308. The average molecular weight is 297 g/mol. The van der Waals surface area contributed by atoms with Crippen molar-refractivity contribution in [2.24, 2.45) is 5.92 Å². The van der Waals surface area contributed by atoms with Crippen LogP contribution in [0.4, 0.5) is 19.0 Å². The van der Waals surface area contributed by atoms with Gasteiger partial charge < -0.3 is 5.32 Å². The summed E-state index contributed by atoms with van der Waals surface area (Å²) in [5.41, 5.74) is -2.54. The number of hydrogen-bond donors (Lipinski definition) is 2. The number of alkyl halides is 3. The molecule has 5 nitrogen and oxygen atoms in total. The smallest absolute Gasteiger partial charge is 0.325 e. The summed E-state index contributed by atoms with van der Waals surface area (Å²) in [6.07, 6.45) is -3.49. The van der Waals surface area contributed by atoms with E-state index >= 15 is 0 Å². The predicted molar refractivity (Wildman–Crippen MR) is 66.5 cm³/mol. The minimum atomic E-state index is -4.98. The highest BCUT2D eigenvalue weighted by Crippen LogP contribution is 2.44. The van der Waals surface area contributed by atoms with Gasteiger partial charge in [-0.3, -0.25) is 10.1 Å². The second-order valence-corrected chi connectivity index (χ2v) is 4.75. The van der Waals surface area contributed by atoms with Gasteiger partial charge in [-0.2, -0.15) is 18.4 Å². The summed E-state index contributed by atoms with van der Waals surface area (Å²) in [5, 5.41) is 13.1. The number of pyridine rings is 1. The van der Waals surface area contributed by atoms with Crippen LogP contribution in [0.15, 0.2) is 30.6 Å². The van der Waals surface area contributed by atoms with E-state index in [1.54, 1.807) is 13.0 Å². The van der Waals surface area contributed by atoms with E-state index in [2.05, 4.69) is 16.9 Å². The molecule has 2 heterocycles. The molecule has 1 aliphatic rings. The molecule has 0 spiro atoms. The van der Waals surface area contributed by atoms with Crippen molar-refractivity contribution in [3.63, 3.8) is 0 Å². The molecule has 0 aromatic carbocycles. The van der Waals surface area contributed by atoms with Gasteiger partial charge in [0.05, 0.1) is 12.3 Å². The first-order valence-electron chi connectivity index (χ1n) is 5.95. The zero-order valence-electron chi connectivity index (χ0n) is 11.0. The number of carbonyl (C=O) groups excluding carboxylic acids is 1. The van der Waals surface area contributed by atoms with Crippen LogP contribution in [-0.2, 0) is 4.79 Å². The van der Waals surface area contributed by atoms with E-state index in [0.29, 0.717) is 0 Å². The first-order valence-corrected chi connectivity index (χ1v) is 5.95. The van der Waals surface area contributed by atoms with E-state index in [9.17, 15) is 18.0 Å². The molecule has 110 valence electrons. The van der Waals surface area contributed by atoms with E-state index in [4.69, 9.17) is 5.26 Å². The zero-order chi connectivity index (χ0) is 15.8. The third kappa shape index (κ3) is 2.20. The number of nitriles is 1. The van der Waals surface area contributed by atoms with Crippen LogP contribution in [0.2, 0.25) is 0 Å². The van der Waals surface area contributed by atoms with Crippen molar-refractivity contribution in [3.05, 3.63) is 36.2 Å². The van der Waals surface area contributed by atoms with Crippen LogP contribution in [0.5, 0.6) is 0 Å². The van der Waals surface area contributed by atoms with Gasteiger partial charge in [0.1, 0.15) is 5.92 Å². The molecule has 0 unspecified atom stereocenters. The van der Waals surface area contributed by atoms with Crippen LogP contribution in [-0.4, -0.2) is 17.6 Å². The highest BCUT2D eigenvalue weighted by Gasteiger charge is 2.73. The molecule has 0 saturated carbocycles. The number of carbonyl (C=O) groups is 1. The van der Waals surface area contributed by atoms with Crippen molar-refractivity contribution < 1.29 is 22.9 Å². The first kappa shape index (κ1) is 14.8. The molecule has 1 saturated heterocycles. The molecule has 1 amide bonds. The lowest BCUT2D eigenvalue weighted by molar-refractivity contribution is -0.363. The summed E-state index contributed by atoms with van der Waals surface area (Å²) in [6, 6.07) is 4.44. The SMILES string of the molecule is C=C1NC(=O)[C@@](Nc2ccc(C)c[nH+]2)(C(F)(F)F)[C@H]1C#N. The molecule has 2 rings (SSSR count). The van der Waals surface area contributed by atoms with Gasteiger partial charge in [0.2, 0.25) is 0 Å². The van der Waals surface area contributed by atoms with Crippen LogP contribution >= 0.6 is 0 Å². The molecule has 21 heavy (non-hydrogen) atoms. The predicted octanol–water partition coefficient (Wildman–Crippen LogP) is 1.31. The maximum Gasteiger partial charge on any atom is 0.443 e. The molecular formula is C13H12F3N4O+. The van der Waals surface area contributed by atoms with Gasteiger partial charge in [-0.15, -0.1) is 0 Å². The second kappa shape index (κ2) is 4.77. The number of aromatic amines is 1. The standard InChI is InChI=1S/C13H11F3N4O/c1-7-3-4-10(18-6-7)20-12(13(14,15)16)9(5-17)8(2)19-11(12)21/h3-4,6,9H,2H2,1H3,(H,18,20)(H,19,21)/p+1/t9-,12+/m0/s1. The van der Waals surface area contributed by atoms with Crippen molar-refractivity contribution in [1.29, 1.82) is 5.26 Å². The Hall–Kier alpha value is -2.56. The van der Waals surface area contributed by atoms with Gasteiger partial charge in [0.25, 0.3) is 17.3 Å². The lowest BCUT2D eigenvalue weighted by atomic mass is 9.85. The Morgan fingerprint density at radius 1 is 1.52 bits per heavy atom. The minimum Gasteiger partial charge on any atom is -0.325 e. The highest BCUT2D eigenvalue weighted by molar-refractivity contribution is 5.96. The number of halogens is 3. The number of nitrogens with zero attached hydrogens (tertiary/aromatic N) is 1. The van der Waals surface area contributed by atoms with Crippen LogP contribution in [0.25, 0.3) is 0 Å². The topological polar surface area (TPSA) is 79.1 Å². The molecule has 3 N–H and O–H groups in total. The van der Waals surface area contributed by atoms with Crippen molar-refractivity contribution in [3.8, 4) is 6.07 Å². The molecule has 0 radical (unpaired) electrons. The van der Waals surface area contributed by atoms with E-state index in [0.717, 1.165) is 5.56 Å². The third-order valence-corrected chi connectivity index (χ3v) is 3.29. The molecule has 1 fully saturated rings. The molecule has 0 bridgehead atoms. The summed E-state index contributed by atoms with van der Waals surface area (Å²) < 4.78 is 40.5. The Morgan fingerprint density at radius 3 is 2.67 bits per heavy atom. The quantitative estimate of drug-likeness (QED) is 0.863. The summed E-state index contributed by atoms with van der Waals surface area (Å²) in [5.74, 6) is -3.14. The molecule has 1 aliphatic heterocycles. The van der Waals surface area contributed by atoms with E-state index < -0.39 is 23.5 Å². The molecule has 1 aromatic rings. The number of aromatic nitrogens is 1. The number of anilines is 1. The van der Waals surface area contributed by atoms with E-state index in [1.807, 2.05) is 5.32 Å². The number of nitrogens with one attached hydrogen (secondary N) is 3. The lowest BCUT2D eigenvalue weighted by Gasteiger charge is -2.27. The van der Waals surface area contributed by atoms with Crippen molar-refractivity contribution >= 4 is 11.7 Å². The van der Waals surface area contributed by atoms with E-state index in [1.165, 1.54) is 18.3 Å². The summed E-state index contributed by atoms with van der Waals surface area (Å²) in [4.78, 5) is 14.5. The Balaban J connectivity index is 2.53. The minimum absolute atomic E-state index is 0.0250. The Kier molecular flexibility index (Phi) is 3.37. The molecular weight excluding hydrogens is 285 g/mol. The van der Waals surface area contributed by atoms with Crippen molar-refractivity contribution in [2.45, 2.75) is 18.6 Å². The maximum absolute atomic E-state index is 13.5. The fourth-order valence-electron chi connectivity index (χ4n) is 2.17. The lowest BCUT2D eigenvalue weighted by Crippen LogP contribution is -2.61. The Bertz CT molecular complexity index is 632. The van der Waals surface area contributed by atoms with Crippen LogP contribution in [0.3, 0.4) is 0 Å². The van der Waals surface area contributed by atoms with E-state index in [-0.39, 0.29) is 11.5 Å². The van der Waals surface area contributed by atoms with Crippen LogP contribution in [0.1, 0.15) is 5.56 Å². The number of hydrogen-bond acceptors (Lipinski definition) is 3. The number of aryl methyl sites for hydroxylation is 1. The monoisotopic (exact) mass is 297 g/mol. The van der Waals surface area contributed by atoms with Gasteiger partial charge in [-0.05, 0) is 18.6 Å². The average Bonchev–Trinajstić information content (AvgIpc) is 2.63. The molecule has 1 aromatic heterocycles. The van der Waals surface area contributed by atoms with Crippen molar-refractivity contribution in [2.75, 3.05) is 5.32 Å². The van der Waals surface area contributed by atoms with Gasteiger partial charge in [-0.25, -0.2) is 4.98 Å². The number of H-pyrrole nitrogens is 1. The first-order chi connectivity index (χ1) is 9.72. The molecule has 0 aliphatic carbocycles. The van der Waals surface area contributed by atoms with Gasteiger partial charge in [0.15, 0.2) is 0 Å². The Morgan fingerprint density at radius 2 is 2.19 bits per heavy atom. The zero-order valence-corrected chi connectivity index (χ0v) is 11.0.